The zero-order valence-corrected chi connectivity index (χ0v) is 19.8. The Hall–Kier alpha value is -4.72. The molecule has 36 heavy (non-hydrogen) atoms. The number of anilines is 1. The fraction of sp³-hybridized carbons (Fsp3) is 0.107. The number of H-pyrrole nitrogens is 1. The van der Waals surface area contributed by atoms with Crippen LogP contribution in [0.1, 0.15) is 18.3 Å². The number of phenols is 1. The van der Waals surface area contributed by atoms with Gasteiger partial charge in [0.15, 0.2) is 0 Å². The second-order valence-corrected chi connectivity index (χ2v) is 8.22. The summed E-state index contributed by atoms with van der Waals surface area (Å²) in [4.78, 5) is 17.2. The summed E-state index contributed by atoms with van der Waals surface area (Å²) < 4.78 is 19.3. The molecular weight excluding hydrogens is 457 g/mol. The molecule has 2 aromatic carbocycles. The van der Waals surface area contributed by atoms with Gasteiger partial charge in [0.1, 0.15) is 28.7 Å². The maximum Gasteiger partial charge on any atom is 0.137 e. The van der Waals surface area contributed by atoms with Crippen LogP contribution in [0.25, 0.3) is 33.3 Å². The number of fused-ring (bicyclic) bond motifs is 1. The van der Waals surface area contributed by atoms with Gasteiger partial charge >= 0.3 is 0 Å². The van der Waals surface area contributed by atoms with Crippen molar-refractivity contribution in [1.29, 1.82) is 0 Å². The topological polar surface area (TPSA) is 109 Å². The molecular formula is C28H24FN5O2. The summed E-state index contributed by atoms with van der Waals surface area (Å²) >= 11 is 0. The smallest absolute Gasteiger partial charge is 0.137 e. The first-order valence-corrected chi connectivity index (χ1v) is 11.4. The van der Waals surface area contributed by atoms with Crippen LogP contribution in [0.3, 0.4) is 0 Å². The van der Waals surface area contributed by atoms with Crippen LogP contribution >= 0.6 is 0 Å². The van der Waals surface area contributed by atoms with Crippen molar-refractivity contribution in [3.05, 3.63) is 90.3 Å². The third-order valence-corrected chi connectivity index (χ3v) is 5.82. The first-order valence-electron chi connectivity index (χ1n) is 11.4. The number of rotatable bonds is 6. The highest BCUT2D eigenvalue weighted by molar-refractivity contribution is 6.16. The minimum atomic E-state index is -0.508. The highest BCUT2D eigenvalue weighted by atomic mass is 19.1. The van der Waals surface area contributed by atoms with E-state index in [1.807, 2.05) is 43.3 Å². The van der Waals surface area contributed by atoms with Crippen LogP contribution in [0.4, 0.5) is 10.1 Å². The fourth-order valence-electron chi connectivity index (χ4n) is 4.20. The van der Waals surface area contributed by atoms with Crippen molar-refractivity contribution in [2.75, 3.05) is 19.4 Å². The van der Waals surface area contributed by atoms with Crippen LogP contribution < -0.4 is 10.5 Å². The monoisotopic (exact) mass is 481 g/mol. The molecule has 7 nitrogen and oxygen atoms in total. The Bertz CT molecular complexity index is 1590. The number of aliphatic imine (C=N–C) groups is 1. The number of halogens is 1. The lowest BCUT2D eigenvalue weighted by Crippen LogP contribution is -2.11. The van der Waals surface area contributed by atoms with E-state index >= 15 is 0 Å². The largest absolute Gasteiger partial charge is 0.508 e. The summed E-state index contributed by atoms with van der Waals surface area (Å²) in [6.45, 7) is 2.46. The molecule has 4 N–H and O–H groups in total. The average molecular weight is 482 g/mol. The van der Waals surface area contributed by atoms with Crippen molar-refractivity contribution in [3.63, 3.8) is 0 Å². The molecule has 0 atom stereocenters. The maximum absolute atomic E-state index is 14.0. The van der Waals surface area contributed by atoms with Crippen LogP contribution in [-0.4, -0.2) is 39.4 Å². The number of aromatic amines is 1. The van der Waals surface area contributed by atoms with Gasteiger partial charge in [0.2, 0.25) is 0 Å². The van der Waals surface area contributed by atoms with Gasteiger partial charge in [-0.2, -0.15) is 0 Å². The van der Waals surface area contributed by atoms with Gasteiger partial charge in [-0.3, -0.25) is 9.98 Å². The van der Waals surface area contributed by atoms with Crippen molar-refractivity contribution in [2.45, 2.75) is 6.92 Å². The Morgan fingerprint density at radius 2 is 1.94 bits per heavy atom. The zero-order chi connectivity index (χ0) is 25.2. The summed E-state index contributed by atoms with van der Waals surface area (Å²) in [6, 6.07) is 17.1. The molecule has 3 heterocycles. The highest BCUT2D eigenvalue weighted by Gasteiger charge is 2.18. The molecule has 0 aliphatic carbocycles. The number of methoxy groups -OCH3 is 1. The van der Waals surface area contributed by atoms with E-state index in [9.17, 15) is 9.50 Å². The molecule has 8 heteroatoms. The molecule has 180 valence electrons. The van der Waals surface area contributed by atoms with E-state index in [1.54, 1.807) is 25.6 Å². The van der Waals surface area contributed by atoms with Gasteiger partial charge in [0.25, 0.3) is 0 Å². The predicted octanol–water partition coefficient (Wildman–Crippen LogP) is 5.58. The molecule has 0 unspecified atom stereocenters. The van der Waals surface area contributed by atoms with Crippen LogP contribution in [0.15, 0.2) is 78.0 Å². The van der Waals surface area contributed by atoms with Gasteiger partial charge in [-0.25, -0.2) is 9.37 Å². The molecule has 5 rings (SSSR count). The summed E-state index contributed by atoms with van der Waals surface area (Å²) in [6.07, 6.45) is 3.34. The van der Waals surface area contributed by atoms with E-state index in [4.69, 9.17) is 20.4 Å². The number of ether oxygens (including phenoxy) is 1. The first kappa shape index (κ1) is 23.0. The van der Waals surface area contributed by atoms with Crippen LogP contribution in [-0.2, 0) is 0 Å². The maximum atomic E-state index is 14.0. The van der Waals surface area contributed by atoms with Gasteiger partial charge < -0.3 is 20.6 Å². The zero-order valence-electron chi connectivity index (χ0n) is 19.8. The Kier molecular flexibility index (Phi) is 6.08. The third kappa shape index (κ3) is 4.36. The van der Waals surface area contributed by atoms with Gasteiger partial charge in [-0.15, -0.1) is 0 Å². The molecule has 0 saturated carbocycles. The van der Waals surface area contributed by atoms with E-state index in [-0.39, 0.29) is 5.75 Å². The van der Waals surface area contributed by atoms with Crippen molar-refractivity contribution >= 4 is 22.3 Å². The number of nitrogen functional groups attached to an aromatic ring is 1. The Morgan fingerprint density at radius 1 is 1.08 bits per heavy atom. The molecule has 0 amide bonds. The molecule has 0 saturated heterocycles. The number of phenolic OH excluding ortho intramolecular Hbond substituents is 1. The second-order valence-electron chi connectivity index (χ2n) is 8.22. The van der Waals surface area contributed by atoms with E-state index in [1.165, 1.54) is 12.1 Å². The first-order chi connectivity index (χ1) is 17.5. The number of nitrogens with two attached hydrogens (primary N) is 1. The molecule has 3 aromatic heterocycles. The predicted molar refractivity (Wildman–Crippen MR) is 140 cm³/mol. The Morgan fingerprint density at radius 3 is 2.72 bits per heavy atom. The summed E-state index contributed by atoms with van der Waals surface area (Å²) in [7, 11) is 1.59. The van der Waals surface area contributed by atoms with Gasteiger partial charge in [0, 0.05) is 35.3 Å². The van der Waals surface area contributed by atoms with Crippen LogP contribution in [0, 0.1) is 5.82 Å². The van der Waals surface area contributed by atoms with Crippen molar-refractivity contribution < 1.29 is 14.2 Å². The van der Waals surface area contributed by atoms with E-state index < -0.39 is 5.82 Å². The average Bonchev–Trinajstić information content (AvgIpc) is 3.31. The molecule has 0 bridgehead atoms. The van der Waals surface area contributed by atoms with Crippen molar-refractivity contribution in [1.82, 2.24) is 15.0 Å². The highest BCUT2D eigenvalue weighted by Crippen LogP contribution is 2.33. The summed E-state index contributed by atoms with van der Waals surface area (Å²) in [5.74, 6) is -0.0136. The third-order valence-electron chi connectivity index (χ3n) is 5.82. The summed E-state index contributed by atoms with van der Waals surface area (Å²) in [5.41, 5.74) is 12.4. The number of nitrogens with zero attached hydrogens (tertiary/aromatic N) is 3. The van der Waals surface area contributed by atoms with Crippen molar-refractivity contribution in [2.24, 2.45) is 4.99 Å². The Balaban J connectivity index is 1.64. The molecule has 0 spiro atoms. The SMILES string of the molecule is CCN=C(c1cc2c(-c3cc(O)cc(F)c3)cccc2[nH]1)c1nc(-c2cncc(OC)c2)ccc1N. The lowest BCUT2D eigenvalue weighted by atomic mass is 10.0. The van der Waals surface area contributed by atoms with E-state index in [0.29, 0.717) is 40.6 Å². The molecule has 0 aliphatic rings. The lowest BCUT2D eigenvalue weighted by Gasteiger charge is -2.10. The van der Waals surface area contributed by atoms with Crippen LogP contribution in [0.5, 0.6) is 11.5 Å². The quantitative estimate of drug-likeness (QED) is 0.274. The molecule has 0 radical (unpaired) electrons. The lowest BCUT2D eigenvalue weighted by molar-refractivity contribution is 0.413. The standard InChI is InChI=1S/C28H24FN5O2/c1-3-32-28(27-23(30)7-8-24(34-27)17-11-20(36-2)15-31-14-17)26-13-22-21(5-4-6-25(22)33-26)16-9-18(29)12-19(35)10-16/h4-15,33,35H,3,30H2,1-2H3. The molecule has 0 aliphatic heterocycles. The minimum absolute atomic E-state index is 0.133. The summed E-state index contributed by atoms with van der Waals surface area (Å²) in [5, 5.41) is 10.8. The number of aromatic nitrogens is 3. The number of aromatic hydroxyl groups is 1. The number of nitrogens with one attached hydrogen (secondary N) is 1. The van der Waals surface area contributed by atoms with Crippen molar-refractivity contribution in [3.8, 4) is 33.9 Å². The second kappa shape index (κ2) is 9.50. The number of benzene rings is 2. The van der Waals surface area contributed by atoms with E-state index in [0.717, 1.165) is 33.8 Å². The normalized spacial score (nSPS) is 11.7. The molecule has 5 aromatic rings. The molecule has 0 fully saturated rings. The van der Waals surface area contributed by atoms with Gasteiger partial charge in [-0.05, 0) is 60.5 Å². The van der Waals surface area contributed by atoms with E-state index in [2.05, 4.69) is 9.97 Å². The van der Waals surface area contributed by atoms with Gasteiger partial charge in [-0.1, -0.05) is 12.1 Å². The van der Waals surface area contributed by atoms with Gasteiger partial charge in [0.05, 0.1) is 30.4 Å². The Labute approximate surface area is 207 Å². The number of hydrogen-bond acceptors (Lipinski definition) is 6. The number of pyridine rings is 2. The number of hydrogen-bond donors (Lipinski definition) is 3. The fourth-order valence-corrected chi connectivity index (χ4v) is 4.20. The minimum Gasteiger partial charge on any atom is -0.508 e. The van der Waals surface area contributed by atoms with Crippen LogP contribution in [0.2, 0.25) is 0 Å².